The summed E-state index contributed by atoms with van der Waals surface area (Å²) >= 11 is 5.44. The van der Waals surface area contributed by atoms with Crippen molar-refractivity contribution < 1.29 is 14.3 Å². The van der Waals surface area contributed by atoms with Gasteiger partial charge in [0.15, 0.2) is 0 Å². The number of carbonyl (C=O) groups excluding carboxylic acids is 1. The first-order valence-corrected chi connectivity index (χ1v) is 4.67. The number of terminal acetylenes is 2. The fourth-order valence-electron chi connectivity index (χ4n) is 0.826. The van der Waals surface area contributed by atoms with Crippen molar-refractivity contribution in [2.45, 2.75) is 6.92 Å². The third-order valence-corrected chi connectivity index (χ3v) is 2.14. The monoisotopic (exact) mass is 228 g/mol. The predicted octanol–water partition coefficient (Wildman–Crippen LogP) is 1.06. The molecule has 0 saturated carbocycles. The molecule has 0 aromatic heterocycles. The lowest BCUT2D eigenvalue weighted by Gasteiger charge is -2.23. The Hall–Kier alpha value is -1.000. The van der Waals surface area contributed by atoms with Crippen molar-refractivity contribution in [3.05, 3.63) is 0 Å². The van der Waals surface area contributed by atoms with Gasteiger partial charge in [0.25, 0.3) is 0 Å². The van der Waals surface area contributed by atoms with Gasteiger partial charge in [0.1, 0.15) is 13.2 Å². The van der Waals surface area contributed by atoms with E-state index in [4.69, 9.17) is 33.9 Å². The predicted molar refractivity (Wildman–Crippen MR) is 58.3 cm³/mol. The third-order valence-electron chi connectivity index (χ3n) is 1.69. The molecule has 0 heterocycles. The summed E-state index contributed by atoms with van der Waals surface area (Å²) in [4.78, 5) is 11.2. The van der Waals surface area contributed by atoms with Gasteiger partial charge in [-0.15, -0.1) is 12.8 Å². The standard InChI is InChI=1S/C11H13ClO3/c1-4-6-14-8-11(3,10(12)13)9-15-7-5-2/h1-2H,6-9H2,3H3. The van der Waals surface area contributed by atoms with Crippen molar-refractivity contribution in [2.75, 3.05) is 26.4 Å². The smallest absolute Gasteiger partial charge is 0.232 e. The van der Waals surface area contributed by atoms with E-state index in [1.165, 1.54) is 0 Å². The van der Waals surface area contributed by atoms with E-state index in [9.17, 15) is 4.79 Å². The first kappa shape index (κ1) is 14.0. The molecule has 0 fully saturated rings. The quantitative estimate of drug-likeness (QED) is 0.371. The lowest BCUT2D eigenvalue weighted by Crippen LogP contribution is -2.35. The molecule has 82 valence electrons. The van der Waals surface area contributed by atoms with Gasteiger partial charge in [0.2, 0.25) is 5.24 Å². The minimum Gasteiger partial charge on any atom is -0.368 e. The summed E-state index contributed by atoms with van der Waals surface area (Å²) in [5, 5.41) is -0.531. The van der Waals surface area contributed by atoms with Crippen LogP contribution in [0, 0.1) is 30.1 Å². The maximum Gasteiger partial charge on any atom is 0.232 e. The Bertz CT molecular complexity index is 265. The van der Waals surface area contributed by atoms with E-state index in [1.807, 2.05) is 0 Å². The van der Waals surface area contributed by atoms with E-state index < -0.39 is 10.7 Å². The SMILES string of the molecule is C#CCOCC(C)(COCC#C)C(=O)Cl. The van der Waals surface area contributed by atoms with E-state index in [1.54, 1.807) is 6.92 Å². The van der Waals surface area contributed by atoms with Crippen LogP contribution in [0.25, 0.3) is 0 Å². The van der Waals surface area contributed by atoms with Crippen LogP contribution in [-0.4, -0.2) is 31.7 Å². The van der Waals surface area contributed by atoms with Crippen LogP contribution in [0.15, 0.2) is 0 Å². The molecule has 0 saturated heterocycles. The lowest BCUT2D eigenvalue weighted by molar-refractivity contribution is -0.126. The zero-order valence-corrected chi connectivity index (χ0v) is 9.34. The van der Waals surface area contributed by atoms with Gasteiger partial charge in [-0.25, -0.2) is 0 Å². The summed E-state index contributed by atoms with van der Waals surface area (Å²) < 4.78 is 10.1. The number of hydrogen-bond donors (Lipinski definition) is 0. The molecule has 0 spiro atoms. The van der Waals surface area contributed by atoms with Crippen LogP contribution in [0.1, 0.15) is 6.92 Å². The van der Waals surface area contributed by atoms with Gasteiger partial charge in [-0.3, -0.25) is 4.79 Å². The summed E-state index contributed by atoms with van der Waals surface area (Å²) in [6, 6.07) is 0. The molecule has 0 aromatic carbocycles. The number of rotatable bonds is 7. The molecule has 0 atom stereocenters. The first-order chi connectivity index (χ1) is 7.06. The van der Waals surface area contributed by atoms with Crippen LogP contribution >= 0.6 is 11.6 Å². The largest absolute Gasteiger partial charge is 0.368 e. The Kier molecular flexibility index (Phi) is 6.83. The number of hydrogen-bond acceptors (Lipinski definition) is 3. The Morgan fingerprint density at radius 3 is 1.93 bits per heavy atom. The molecule has 0 bridgehead atoms. The molecule has 3 nitrogen and oxygen atoms in total. The molecular weight excluding hydrogens is 216 g/mol. The van der Waals surface area contributed by atoms with Gasteiger partial charge in [0.05, 0.1) is 18.6 Å². The van der Waals surface area contributed by atoms with Gasteiger partial charge in [-0.05, 0) is 18.5 Å². The fourth-order valence-corrected chi connectivity index (χ4v) is 0.935. The summed E-state index contributed by atoms with van der Waals surface area (Å²) in [5.41, 5.74) is -0.907. The molecule has 15 heavy (non-hydrogen) atoms. The Labute approximate surface area is 95.1 Å². The number of halogens is 1. The average Bonchev–Trinajstić information content (AvgIpc) is 2.18. The zero-order chi connectivity index (χ0) is 11.7. The highest BCUT2D eigenvalue weighted by molar-refractivity contribution is 6.64. The molecule has 0 aliphatic carbocycles. The van der Waals surface area contributed by atoms with E-state index >= 15 is 0 Å². The molecule has 0 radical (unpaired) electrons. The second-order valence-corrected chi connectivity index (χ2v) is 3.57. The molecule has 0 aromatic rings. The first-order valence-electron chi connectivity index (χ1n) is 4.29. The molecule has 0 amide bonds. The highest BCUT2D eigenvalue weighted by Crippen LogP contribution is 2.21. The Morgan fingerprint density at radius 2 is 1.67 bits per heavy atom. The van der Waals surface area contributed by atoms with Crippen LogP contribution in [0.2, 0.25) is 0 Å². The van der Waals surface area contributed by atoms with E-state index in [-0.39, 0.29) is 26.4 Å². The molecule has 0 rings (SSSR count). The van der Waals surface area contributed by atoms with Crippen molar-refractivity contribution in [1.82, 2.24) is 0 Å². The van der Waals surface area contributed by atoms with Crippen LogP contribution in [0.5, 0.6) is 0 Å². The van der Waals surface area contributed by atoms with Crippen LogP contribution in [0.4, 0.5) is 0 Å². The molecule has 0 aliphatic heterocycles. The van der Waals surface area contributed by atoms with Crippen LogP contribution in [-0.2, 0) is 14.3 Å². The van der Waals surface area contributed by atoms with Crippen LogP contribution < -0.4 is 0 Å². The van der Waals surface area contributed by atoms with Crippen molar-refractivity contribution in [3.63, 3.8) is 0 Å². The highest BCUT2D eigenvalue weighted by Gasteiger charge is 2.32. The van der Waals surface area contributed by atoms with Gasteiger partial charge in [0, 0.05) is 0 Å². The third kappa shape index (κ3) is 5.44. The molecule has 0 N–H and O–H groups in total. The topological polar surface area (TPSA) is 35.5 Å². The molecule has 0 aliphatic rings. The second kappa shape index (κ2) is 7.31. The normalized spacial score (nSPS) is 10.4. The van der Waals surface area contributed by atoms with E-state index in [2.05, 4.69) is 11.8 Å². The fraction of sp³-hybridized carbons (Fsp3) is 0.545. The van der Waals surface area contributed by atoms with E-state index in [0.29, 0.717) is 0 Å². The van der Waals surface area contributed by atoms with E-state index in [0.717, 1.165) is 0 Å². The Morgan fingerprint density at radius 1 is 1.27 bits per heavy atom. The second-order valence-electron chi connectivity index (χ2n) is 3.23. The van der Waals surface area contributed by atoms with Gasteiger partial charge in [-0.1, -0.05) is 11.8 Å². The van der Waals surface area contributed by atoms with Crippen molar-refractivity contribution >= 4 is 16.8 Å². The lowest BCUT2D eigenvalue weighted by atomic mass is 9.95. The molecule has 0 unspecified atom stereocenters. The maximum atomic E-state index is 11.2. The van der Waals surface area contributed by atoms with Crippen molar-refractivity contribution in [2.24, 2.45) is 5.41 Å². The summed E-state index contributed by atoms with van der Waals surface area (Å²) in [7, 11) is 0. The number of ether oxygens (including phenoxy) is 2. The minimum absolute atomic E-state index is 0.115. The Balaban J connectivity index is 4.15. The molecule has 4 heteroatoms. The average molecular weight is 229 g/mol. The highest BCUT2D eigenvalue weighted by atomic mass is 35.5. The molecular formula is C11H13ClO3. The van der Waals surface area contributed by atoms with Gasteiger partial charge in [-0.2, -0.15) is 0 Å². The summed E-state index contributed by atoms with van der Waals surface area (Å²) in [5.74, 6) is 4.59. The zero-order valence-electron chi connectivity index (χ0n) is 8.59. The van der Waals surface area contributed by atoms with Crippen LogP contribution in [0.3, 0.4) is 0 Å². The summed E-state index contributed by atoms with van der Waals surface area (Å²) in [6.45, 7) is 2.13. The van der Waals surface area contributed by atoms with Crippen molar-refractivity contribution in [3.8, 4) is 24.7 Å². The van der Waals surface area contributed by atoms with Gasteiger partial charge < -0.3 is 9.47 Å². The van der Waals surface area contributed by atoms with Crippen molar-refractivity contribution in [1.29, 1.82) is 0 Å². The van der Waals surface area contributed by atoms with Gasteiger partial charge >= 0.3 is 0 Å². The maximum absolute atomic E-state index is 11.2. The minimum atomic E-state index is -0.907. The summed E-state index contributed by atoms with van der Waals surface area (Å²) in [6.07, 6.45) is 10.0. The number of carbonyl (C=O) groups is 1.